The van der Waals surface area contributed by atoms with Crippen LogP contribution in [0.2, 0.25) is 0 Å². The molecule has 0 saturated heterocycles. The maximum Gasteiger partial charge on any atom is 0.255 e. The van der Waals surface area contributed by atoms with Gasteiger partial charge in [0, 0.05) is 34.4 Å². The zero-order chi connectivity index (χ0) is 17.5. The molecule has 0 radical (unpaired) electrons. The highest BCUT2D eigenvalue weighted by atomic mass is 79.9. The fourth-order valence-electron chi connectivity index (χ4n) is 2.08. The maximum absolute atomic E-state index is 12.3. The summed E-state index contributed by atoms with van der Waals surface area (Å²) in [6.45, 7) is 2.30. The number of rotatable bonds is 6. The van der Waals surface area contributed by atoms with Crippen LogP contribution in [0.3, 0.4) is 0 Å². The molecule has 2 aromatic rings. The van der Waals surface area contributed by atoms with E-state index in [1.54, 1.807) is 42.5 Å². The fourth-order valence-corrected chi connectivity index (χ4v) is 2.34. The Labute approximate surface area is 149 Å². The summed E-state index contributed by atoms with van der Waals surface area (Å²) in [5, 5.41) is 14.3. The van der Waals surface area contributed by atoms with Crippen molar-refractivity contribution in [3.8, 4) is 0 Å². The third kappa shape index (κ3) is 4.91. The van der Waals surface area contributed by atoms with Crippen LogP contribution < -0.4 is 10.6 Å². The SMILES string of the molecule is Cc1ccc(C(=O)NCCCO)cc1NC(=O)c1ccc(Br)cc1. The lowest BCUT2D eigenvalue weighted by atomic mass is 10.1. The average molecular weight is 391 g/mol. The van der Waals surface area contributed by atoms with Gasteiger partial charge in [-0.1, -0.05) is 22.0 Å². The van der Waals surface area contributed by atoms with E-state index in [0.717, 1.165) is 10.0 Å². The Balaban J connectivity index is 2.12. The molecule has 2 aromatic carbocycles. The Morgan fingerprint density at radius 1 is 1.04 bits per heavy atom. The first-order valence-corrected chi connectivity index (χ1v) is 8.37. The zero-order valence-electron chi connectivity index (χ0n) is 13.3. The van der Waals surface area contributed by atoms with Crippen molar-refractivity contribution < 1.29 is 14.7 Å². The first-order chi connectivity index (χ1) is 11.5. The molecule has 2 rings (SSSR count). The number of halogens is 1. The summed E-state index contributed by atoms with van der Waals surface area (Å²) < 4.78 is 0.900. The number of aryl methyl sites for hydroxylation is 1. The number of nitrogens with one attached hydrogen (secondary N) is 2. The number of anilines is 1. The number of carbonyl (C=O) groups is 2. The predicted octanol–water partition coefficient (Wildman–Crippen LogP) is 3.12. The Hall–Kier alpha value is -2.18. The number of aliphatic hydroxyl groups excluding tert-OH is 1. The van der Waals surface area contributed by atoms with Gasteiger partial charge in [-0.3, -0.25) is 9.59 Å². The van der Waals surface area contributed by atoms with Gasteiger partial charge in [-0.25, -0.2) is 0 Å². The fraction of sp³-hybridized carbons (Fsp3) is 0.222. The van der Waals surface area contributed by atoms with Gasteiger partial charge in [-0.2, -0.15) is 0 Å². The normalized spacial score (nSPS) is 10.3. The van der Waals surface area contributed by atoms with Crippen molar-refractivity contribution in [2.24, 2.45) is 0 Å². The molecule has 0 unspecified atom stereocenters. The number of hydrogen-bond acceptors (Lipinski definition) is 3. The molecule has 0 aliphatic heterocycles. The molecule has 0 fully saturated rings. The molecule has 0 aromatic heterocycles. The molecule has 2 amide bonds. The summed E-state index contributed by atoms with van der Waals surface area (Å²) in [6, 6.07) is 12.2. The standard InChI is InChI=1S/C18H19BrN2O3/c1-12-3-4-14(17(23)20-9-2-10-22)11-16(12)21-18(24)13-5-7-15(19)8-6-13/h3-8,11,22H,2,9-10H2,1H3,(H,20,23)(H,21,24). The minimum atomic E-state index is -0.234. The lowest BCUT2D eigenvalue weighted by Crippen LogP contribution is -2.25. The summed E-state index contributed by atoms with van der Waals surface area (Å²) in [5.41, 5.74) is 2.46. The van der Waals surface area contributed by atoms with Gasteiger partial charge in [-0.15, -0.1) is 0 Å². The van der Waals surface area contributed by atoms with Crippen LogP contribution in [0.1, 0.15) is 32.7 Å². The number of aliphatic hydroxyl groups is 1. The van der Waals surface area contributed by atoms with E-state index in [1.807, 2.05) is 6.92 Å². The quantitative estimate of drug-likeness (QED) is 0.663. The summed E-state index contributed by atoms with van der Waals surface area (Å²) in [6.07, 6.45) is 0.505. The van der Waals surface area contributed by atoms with Crippen LogP contribution in [0.4, 0.5) is 5.69 Å². The van der Waals surface area contributed by atoms with Gasteiger partial charge in [0.05, 0.1) is 0 Å². The van der Waals surface area contributed by atoms with Crippen LogP contribution >= 0.6 is 15.9 Å². The Morgan fingerprint density at radius 3 is 2.38 bits per heavy atom. The Kier molecular flexibility index (Phi) is 6.52. The topological polar surface area (TPSA) is 78.4 Å². The lowest BCUT2D eigenvalue weighted by Gasteiger charge is -2.11. The molecule has 3 N–H and O–H groups in total. The highest BCUT2D eigenvalue weighted by Crippen LogP contribution is 2.19. The van der Waals surface area contributed by atoms with Crippen molar-refractivity contribution in [2.45, 2.75) is 13.3 Å². The predicted molar refractivity (Wildman–Crippen MR) is 97.3 cm³/mol. The molecule has 0 bridgehead atoms. The van der Waals surface area contributed by atoms with Crippen molar-refractivity contribution in [3.63, 3.8) is 0 Å². The van der Waals surface area contributed by atoms with Crippen molar-refractivity contribution in [2.75, 3.05) is 18.5 Å². The minimum Gasteiger partial charge on any atom is -0.396 e. The first-order valence-electron chi connectivity index (χ1n) is 7.58. The lowest BCUT2D eigenvalue weighted by molar-refractivity contribution is 0.0949. The molecule has 6 heteroatoms. The van der Waals surface area contributed by atoms with Crippen LogP contribution in [-0.4, -0.2) is 30.1 Å². The van der Waals surface area contributed by atoms with Gasteiger partial charge in [0.1, 0.15) is 0 Å². The molecule has 0 atom stereocenters. The molecule has 24 heavy (non-hydrogen) atoms. The van der Waals surface area contributed by atoms with Crippen LogP contribution in [0, 0.1) is 6.92 Å². The molecule has 0 heterocycles. The number of benzene rings is 2. The third-order valence-electron chi connectivity index (χ3n) is 3.47. The number of hydrogen-bond donors (Lipinski definition) is 3. The second kappa shape index (κ2) is 8.61. The summed E-state index contributed by atoms with van der Waals surface area (Å²) >= 11 is 3.33. The second-order valence-electron chi connectivity index (χ2n) is 5.32. The molecular formula is C18H19BrN2O3. The first kappa shape index (κ1) is 18.2. The van der Waals surface area contributed by atoms with Crippen LogP contribution in [0.25, 0.3) is 0 Å². The maximum atomic E-state index is 12.3. The van der Waals surface area contributed by atoms with E-state index in [1.165, 1.54) is 0 Å². The second-order valence-corrected chi connectivity index (χ2v) is 6.24. The van der Waals surface area contributed by atoms with Crippen molar-refractivity contribution >= 4 is 33.4 Å². The molecule has 0 spiro atoms. The molecule has 0 aliphatic rings. The highest BCUT2D eigenvalue weighted by molar-refractivity contribution is 9.10. The van der Waals surface area contributed by atoms with E-state index < -0.39 is 0 Å². The van der Waals surface area contributed by atoms with Crippen LogP contribution in [0.5, 0.6) is 0 Å². The van der Waals surface area contributed by atoms with Gasteiger partial charge < -0.3 is 15.7 Å². The van der Waals surface area contributed by atoms with E-state index in [2.05, 4.69) is 26.6 Å². The number of amides is 2. The van der Waals surface area contributed by atoms with Gasteiger partial charge in [0.15, 0.2) is 0 Å². The monoisotopic (exact) mass is 390 g/mol. The van der Waals surface area contributed by atoms with Gasteiger partial charge in [0.2, 0.25) is 0 Å². The van der Waals surface area contributed by atoms with E-state index in [0.29, 0.717) is 29.8 Å². The van der Waals surface area contributed by atoms with E-state index in [9.17, 15) is 9.59 Å². The highest BCUT2D eigenvalue weighted by Gasteiger charge is 2.11. The summed E-state index contributed by atoms with van der Waals surface area (Å²) in [5.74, 6) is -0.467. The van der Waals surface area contributed by atoms with Crippen LogP contribution in [-0.2, 0) is 0 Å². The third-order valence-corrected chi connectivity index (χ3v) is 4.00. The number of carbonyl (C=O) groups excluding carboxylic acids is 2. The molecule has 126 valence electrons. The Bertz CT molecular complexity index is 730. The molecule has 5 nitrogen and oxygen atoms in total. The van der Waals surface area contributed by atoms with Crippen molar-refractivity contribution in [3.05, 3.63) is 63.6 Å². The Morgan fingerprint density at radius 2 is 1.71 bits per heavy atom. The van der Waals surface area contributed by atoms with E-state index >= 15 is 0 Å². The van der Waals surface area contributed by atoms with Crippen LogP contribution in [0.15, 0.2) is 46.9 Å². The van der Waals surface area contributed by atoms with E-state index in [-0.39, 0.29) is 18.4 Å². The summed E-state index contributed by atoms with van der Waals surface area (Å²) in [4.78, 5) is 24.4. The van der Waals surface area contributed by atoms with Gasteiger partial charge >= 0.3 is 0 Å². The van der Waals surface area contributed by atoms with E-state index in [4.69, 9.17) is 5.11 Å². The zero-order valence-corrected chi connectivity index (χ0v) is 14.9. The average Bonchev–Trinajstić information content (AvgIpc) is 2.57. The largest absolute Gasteiger partial charge is 0.396 e. The minimum absolute atomic E-state index is 0.0304. The summed E-state index contributed by atoms with van der Waals surface area (Å²) in [7, 11) is 0. The molecular weight excluding hydrogens is 372 g/mol. The smallest absolute Gasteiger partial charge is 0.255 e. The van der Waals surface area contributed by atoms with Crippen molar-refractivity contribution in [1.29, 1.82) is 0 Å². The van der Waals surface area contributed by atoms with Gasteiger partial charge in [0.25, 0.3) is 11.8 Å². The molecule has 0 aliphatic carbocycles. The molecule has 0 saturated carbocycles. The van der Waals surface area contributed by atoms with Crippen molar-refractivity contribution in [1.82, 2.24) is 5.32 Å². The van der Waals surface area contributed by atoms with Gasteiger partial charge in [-0.05, 0) is 55.3 Å².